The topological polar surface area (TPSA) is 57.3 Å². The minimum Gasteiger partial charge on any atom is -0.369 e. The maximum absolute atomic E-state index is 15.0. The number of urea groups is 1. The maximum atomic E-state index is 15.0. The summed E-state index contributed by atoms with van der Waals surface area (Å²) in [6.07, 6.45) is 3.46. The van der Waals surface area contributed by atoms with Crippen LogP contribution >= 0.6 is 11.6 Å². The lowest BCUT2D eigenvalue weighted by atomic mass is 9.94. The number of rotatable bonds is 6. The molecule has 0 spiro atoms. The summed E-state index contributed by atoms with van der Waals surface area (Å²) >= 11 is 6.01. The van der Waals surface area contributed by atoms with E-state index in [1.807, 2.05) is 6.92 Å². The highest BCUT2D eigenvalue weighted by Gasteiger charge is 2.27. The molecule has 1 atom stereocenters. The van der Waals surface area contributed by atoms with Crippen molar-refractivity contribution in [1.29, 1.82) is 0 Å². The largest absolute Gasteiger partial charge is 0.369 e. The zero-order valence-corrected chi connectivity index (χ0v) is 16.6. The maximum Gasteiger partial charge on any atom is 0.321 e. The number of unbranched alkanes of at least 4 members (excludes halogenated alkanes) is 1. The molecule has 0 fully saturated rings. The Labute approximate surface area is 168 Å². The minimum absolute atomic E-state index is 0.0276. The van der Waals surface area contributed by atoms with Gasteiger partial charge in [0.15, 0.2) is 5.82 Å². The third kappa shape index (κ3) is 4.35. The molecule has 1 aromatic carbocycles. The standard InChI is InChI=1S/C20H23ClF2N4O/c1-3-4-7-27(2)20(28)26-17-6-5-16(22)15(18(17)23)8-12-10-24-19-14(12)9-13(21)11-25-19/h5-6,9,11-12H,3-4,7-8,10H2,1-2H3,(H,24,25)(H,26,28). The van der Waals surface area contributed by atoms with Gasteiger partial charge in [0.05, 0.1) is 10.7 Å². The third-order valence-electron chi connectivity index (χ3n) is 4.91. The molecule has 1 aliphatic rings. The van der Waals surface area contributed by atoms with Gasteiger partial charge in [0.25, 0.3) is 0 Å². The van der Waals surface area contributed by atoms with Crippen molar-refractivity contribution < 1.29 is 13.6 Å². The van der Waals surface area contributed by atoms with E-state index in [4.69, 9.17) is 11.6 Å². The molecule has 2 heterocycles. The first-order chi connectivity index (χ1) is 13.4. The van der Waals surface area contributed by atoms with E-state index in [0.29, 0.717) is 23.9 Å². The lowest BCUT2D eigenvalue weighted by Crippen LogP contribution is -2.32. The van der Waals surface area contributed by atoms with E-state index in [0.717, 1.165) is 18.4 Å². The number of pyridine rings is 1. The van der Waals surface area contributed by atoms with Crippen LogP contribution in [0.1, 0.15) is 36.8 Å². The van der Waals surface area contributed by atoms with Crippen molar-refractivity contribution in [3.05, 3.63) is 52.2 Å². The second-order valence-corrected chi connectivity index (χ2v) is 7.40. The number of nitrogens with zero attached hydrogens (tertiary/aromatic N) is 2. The molecule has 0 radical (unpaired) electrons. The molecule has 3 rings (SSSR count). The summed E-state index contributed by atoms with van der Waals surface area (Å²) in [6, 6.07) is 3.77. The number of aromatic nitrogens is 1. The average molecular weight is 409 g/mol. The Morgan fingerprint density at radius 1 is 1.43 bits per heavy atom. The van der Waals surface area contributed by atoms with Crippen LogP contribution in [-0.2, 0) is 6.42 Å². The zero-order valence-electron chi connectivity index (χ0n) is 15.9. The summed E-state index contributed by atoms with van der Waals surface area (Å²) in [5, 5.41) is 6.14. The number of amides is 2. The lowest BCUT2D eigenvalue weighted by molar-refractivity contribution is 0.221. The number of hydrogen-bond donors (Lipinski definition) is 2. The van der Waals surface area contributed by atoms with Gasteiger partial charge in [-0.15, -0.1) is 0 Å². The van der Waals surface area contributed by atoms with Gasteiger partial charge in [-0.05, 0) is 31.0 Å². The van der Waals surface area contributed by atoms with Crippen LogP contribution in [-0.4, -0.2) is 36.1 Å². The van der Waals surface area contributed by atoms with E-state index in [2.05, 4.69) is 15.6 Å². The van der Waals surface area contributed by atoms with Crippen molar-refractivity contribution in [2.75, 3.05) is 30.8 Å². The molecule has 0 aliphatic carbocycles. The van der Waals surface area contributed by atoms with Crippen LogP contribution in [0.3, 0.4) is 0 Å². The van der Waals surface area contributed by atoms with Gasteiger partial charge in [-0.25, -0.2) is 18.6 Å². The summed E-state index contributed by atoms with van der Waals surface area (Å²) in [6.45, 7) is 3.10. The van der Waals surface area contributed by atoms with Crippen molar-refractivity contribution in [3.8, 4) is 0 Å². The molecule has 2 amide bonds. The van der Waals surface area contributed by atoms with Crippen molar-refractivity contribution >= 4 is 29.1 Å². The SMILES string of the molecule is CCCCN(C)C(=O)Nc1ccc(F)c(CC2CNc3ncc(Cl)cc32)c1F. The van der Waals surface area contributed by atoms with E-state index in [-0.39, 0.29) is 23.6 Å². The van der Waals surface area contributed by atoms with Gasteiger partial charge in [0.2, 0.25) is 0 Å². The third-order valence-corrected chi connectivity index (χ3v) is 5.12. The van der Waals surface area contributed by atoms with Gasteiger partial charge in [0.1, 0.15) is 11.6 Å². The van der Waals surface area contributed by atoms with E-state index < -0.39 is 17.7 Å². The van der Waals surface area contributed by atoms with Crippen molar-refractivity contribution in [2.24, 2.45) is 0 Å². The number of carbonyl (C=O) groups is 1. The van der Waals surface area contributed by atoms with E-state index in [1.165, 1.54) is 23.2 Å². The van der Waals surface area contributed by atoms with Crippen molar-refractivity contribution in [1.82, 2.24) is 9.88 Å². The second kappa shape index (κ2) is 8.73. The van der Waals surface area contributed by atoms with Crippen molar-refractivity contribution in [2.45, 2.75) is 32.1 Å². The predicted molar refractivity (Wildman–Crippen MR) is 107 cm³/mol. The molecule has 0 bridgehead atoms. The molecule has 0 saturated heterocycles. The Balaban J connectivity index is 1.79. The Morgan fingerprint density at radius 3 is 2.96 bits per heavy atom. The van der Waals surface area contributed by atoms with Crippen LogP contribution in [0, 0.1) is 11.6 Å². The summed E-state index contributed by atoms with van der Waals surface area (Å²) in [5.41, 5.74) is 0.744. The average Bonchev–Trinajstić information content (AvgIpc) is 3.07. The molecule has 2 N–H and O–H groups in total. The Kier molecular flexibility index (Phi) is 6.34. The fourth-order valence-electron chi connectivity index (χ4n) is 3.26. The summed E-state index contributed by atoms with van der Waals surface area (Å²) in [7, 11) is 1.64. The van der Waals surface area contributed by atoms with Crippen LogP contribution in [0.2, 0.25) is 5.02 Å². The van der Waals surface area contributed by atoms with Crippen LogP contribution in [0.15, 0.2) is 24.4 Å². The van der Waals surface area contributed by atoms with E-state index in [9.17, 15) is 13.6 Å². The summed E-state index contributed by atoms with van der Waals surface area (Å²) < 4.78 is 29.4. The van der Waals surface area contributed by atoms with Crippen LogP contribution in [0.4, 0.5) is 25.1 Å². The van der Waals surface area contributed by atoms with Crippen LogP contribution in [0.25, 0.3) is 0 Å². The number of hydrogen-bond acceptors (Lipinski definition) is 3. The Hall–Kier alpha value is -2.41. The highest BCUT2D eigenvalue weighted by molar-refractivity contribution is 6.30. The first-order valence-electron chi connectivity index (χ1n) is 9.29. The monoisotopic (exact) mass is 408 g/mol. The number of nitrogens with one attached hydrogen (secondary N) is 2. The highest BCUT2D eigenvalue weighted by atomic mass is 35.5. The van der Waals surface area contributed by atoms with Gasteiger partial charge >= 0.3 is 6.03 Å². The summed E-state index contributed by atoms with van der Waals surface area (Å²) in [5.74, 6) is -0.875. The van der Waals surface area contributed by atoms with Crippen molar-refractivity contribution in [3.63, 3.8) is 0 Å². The van der Waals surface area contributed by atoms with Crippen LogP contribution < -0.4 is 10.6 Å². The van der Waals surface area contributed by atoms with E-state index in [1.54, 1.807) is 13.1 Å². The van der Waals surface area contributed by atoms with Gasteiger partial charge in [0, 0.05) is 43.4 Å². The predicted octanol–water partition coefficient (Wildman–Crippen LogP) is 5.03. The molecule has 8 heteroatoms. The lowest BCUT2D eigenvalue weighted by Gasteiger charge is -2.19. The molecule has 5 nitrogen and oxygen atoms in total. The first kappa shape index (κ1) is 20.3. The van der Waals surface area contributed by atoms with Gasteiger partial charge in [-0.2, -0.15) is 0 Å². The second-order valence-electron chi connectivity index (χ2n) is 6.97. The molecule has 150 valence electrons. The molecular formula is C20H23ClF2N4O. The number of fused-ring (bicyclic) bond motifs is 1. The quantitative estimate of drug-likeness (QED) is 0.704. The fraction of sp³-hybridized carbons (Fsp3) is 0.400. The molecule has 1 aromatic heterocycles. The number of benzene rings is 1. The Bertz CT molecular complexity index is 878. The molecular weight excluding hydrogens is 386 g/mol. The molecule has 0 saturated carbocycles. The molecule has 1 unspecified atom stereocenters. The normalized spacial score (nSPS) is 15.1. The van der Waals surface area contributed by atoms with Gasteiger partial charge < -0.3 is 15.5 Å². The van der Waals surface area contributed by atoms with Gasteiger partial charge in [-0.1, -0.05) is 24.9 Å². The molecule has 28 heavy (non-hydrogen) atoms. The van der Waals surface area contributed by atoms with Crippen LogP contribution in [0.5, 0.6) is 0 Å². The zero-order chi connectivity index (χ0) is 20.3. The fourth-order valence-corrected chi connectivity index (χ4v) is 3.43. The summed E-state index contributed by atoms with van der Waals surface area (Å²) in [4.78, 5) is 17.9. The number of carbonyl (C=O) groups excluding carboxylic acids is 1. The minimum atomic E-state index is -0.749. The number of halogens is 3. The smallest absolute Gasteiger partial charge is 0.321 e. The molecule has 2 aromatic rings. The van der Waals surface area contributed by atoms with E-state index >= 15 is 0 Å². The molecule has 1 aliphatic heterocycles. The highest BCUT2D eigenvalue weighted by Crippen LogP contribution is 2.35. The first-order valence-corrected chi connectivity index (χ1v) is 9.66. The van der Waals surface area contributed by atoms with Gasteiger partial charge in [-0.3, -0.25) is 0 Å². The Morgan fingerprint density at radius 2 is 2.21 bits per heavy atom. The number of anilines is 2.